The van der Waals surface area contributed by atoms with Crippen molar-refractivity contribution in [2.75, 3.05) is 13.1 Å². The van der Waals surface area contributed by atoms with Crippen LogP contribution in [0, 0.1) is 26.7 Å². The fraction of sp³-hybridized carbons (Fsp3) is 0.625. The maximum Gasteiger partial charge on any atom is 0.0302 e. The van der Waals surface area contributed by atoms with Crippen LogP contribution < -0.4 is 11.1 Å². The van der Waals surface area contributed by atoms with Crippen LogP contribution in [0.5, 0.6) is 0 Å². The van der Waals surface area contributed by atoms with Gasteiger partial charge >= 0.3 is 0 Å². The lowest BCUT2D eigenvalue weighted by atomic mass is 9.85. The van der Waals surface area contributed by atoms with E-state index in [4.69, 9.17) is 5.73 Å². The van der Waals surface area contributed by atoms with Gasteiger partial charge in [0.05, 0.1) is 0 Å². The summed E-state index contributed by atoms with van der Waals surface area (Å²) in [7, 11) is 0. The van der Waals surface area contributed by atoms with Gasteiger partial charge in [-0.1, -0.05) is 17.7 Å². The molecule has 1 aromatic rings. The number of nitrogens with one attached hydrogen (secondary N) is 1. The number of aryl methyl sites for hydroxylation is 3. The molecule has 1 aliphatic heterocycles. The SMILES string of the molecule is Cc1cc(C)c(C(N)CC2CCNCC2)c(C)c1. The van der Waals surface area contributed by atoms with Crippen LogP contribution in [0.4, 0.5) is 0 Å². The fourth-order valence-electron chi connectivity index (χ4n) is 3.37. The highest BCUT2D eigenvalue weighted by Crippen LogP contribution is 2.29. The van der Waals surface area contributed by atoms with Gasteiger partial charge in [0.2, 0.25) is 0 Å². The van der Waals surface area contributed by atoms with E-state index in [-0.39, 0.29) is 6.04 Å². The Morgan fingerprint density at radius 3 is 2.28 bits per heavy atom. The van der Waals surface area contributed by atoms with Gasteiger partial charge in [-0.05, 0) is 75.7 Å². The average molecular weight is 246 g/mol. The molecule has 0 aliphatic carbocycles. The Bertz CT molecular complexity index is 383. The standard InChI is InChI=1S/C16H26N2/c1-11-8-12(2)16(13(3)9-11)15(17)10-14-4-6-18-7-5-14/h8-9,14-15,18H,4-7,10,17H2,1-3H3. The minimum Gasteiger partial charge on any atom is -0.324 e. The molecule has 0 aromatic heterocycles. The lowest BCUT2D eigenvalue weighted by Crippen LogP contribution is -2.30. The zero-order valence-corrected chi connectivity index (χ0v) is 11.9. The van der Waals surface area contributed by atoms with Crippen molar-refractivity contribution in [1.82, 2.24) is 5.32 Å². The Morgan fingerprint density at radius 2 is 1.72 bits per heavy atom. The third kappa shape index (κ3) is 3.12. The maximum atomic E-state index is 6.46. The molecule has 0 bridgehead atoms. The van der Waals surface area contributed by atoms with E-state index in [0.717, 1.165) is 25.4 Å². The summed E-state index contributed by atoms with van der Waals surface area (Å²) in [4.78, 5) is 0. The van der Waals surface area contributed by atoms with Crippen molar-refractivity contribution < 1.29 is 0 Å². The van der Waals surface area contributed by atoms with Crippen LogP contribution in [0.15, 0.2) is 12.1 Å². The predicted octanol–water partition coefficient (Wildman–Crippen LogP) is 3.00. The van der Waals surface area contributed by atoms with Crippen molar-refractivity contribution in [3.8, 4) is 0 Å². The fourth-order valence-corrected chi connectivity index (χ4v) is 3.37. The molecule has 0 radical (unpaired) electrons. The van der Waals surface area contributed by atoms with Crippen molar-refractivity contribution in [3.63, 3.8) is 0 Å². The number of hydrogen-bond acceptors (Lipinski definition) is 2. The molecule has 3 N–H and O–H groups in total. The molecular formula is C16H26N2. The number of benzene rings is 1. The first-order chi connectivity index (χ1) is 8.58. The molecule has 1 saturated heterocycles. The molecule has 0 saturated carbocycles. The van der Waals surface area contributed by atoms with E-state index in [9.17, 15) is 0 Å². The third-order valence-corrected chi connectivity index (χ3v) is 4.15. The second-order valence-electron chi connectivity index (χ2n) is 5.85. The van der Waals surface area contributed by atoms with Crippen LogP contribution in [0.25, 0.3) is 0 Å². The van der Waals surface area contributed by atoms with Gasteiger partial charge in [0.15, 0.2) is 0 Å². The predicted molar refractivity (Wildman–Crippen MR) is 77.8 cm³/mol. The van der Waals surface area contributed by atoms with E-state index in [0.29, 0.717) is 0 Å². The van der Waals surface area contributed by atoms with Gasteiger partial charge < -0.3 is 11.1 Å². The lowest BCUT2D eigenvalue weighted by molar-refractivity contribution is 0.332. The summed E-state index contributed by atoms with van der Waals surface area (Å²) in [5, 5.41) is 3.42. The lowest BCUT2D eigenvalue weighted by Gasteiger charge is -2.27. The second kappa shape index (κ2) is 5.85. The Kier molecular flexibility index (Phi) is 4.41. The van der Waals surface area contributed by atoms with Crippen molar-refractivity contribution in [2.24, 2.45) is 11.7 Å². The van der Waals surface area contributed by atoms with Crippen LogP contribution in [-0.2, 0) is 0 Å². The summed E-state index contributed by atoms with van der Waals surface area (Å²) in [6.45, 7) is 8.85. The molecule has 1 aliphatic rings. The molecule has 1 heterocycles. The summed E-state index contributed by atoms with van der Waals surface area (Å²) in [5.41, 5.74) is 11.9. The van der Waals surface area contributed by atoms with Gasteiger partial charge in [0.1, 0.15) is 0 Å². The molecule has 18 heavy (non-hydrogen) atoms. The molecule has 1 aromatic carbocycles. The number of piperidine rings is 1. The Labute approximate surface area is 111 Å². The summed E-state index contributed by atoms with van der Waals surface area (Å²) in [6, 6.07) is 4.71. The molecule has 1 unspecified atom stereocenters. The zero-order chi connectivity index (χ0) is 13.1. The largest absolute Gasteiger partial charge is 0.324 e. The summed E-state index contributed by atoms with van der Waals surface area (Å²) in [6.07, 6.45) is 3.68. The number of rotatable bonds is 3. The first kappa shape index (κ1) is 13.6. The summed E-state index contributed by atoms with van der Waals surface area (Å²) < 4.78 is 0. The normalized spacial score (nSPS) is 18.9. The Morgan fingerprint density at radius 1 is 1.17 bits per heavy atom. The van der Waals surface area contributed by atoms with E-state index < -0.39 is 0 Å². The van der Waals surface area contributed by atoms with Gasteiger partial charge in [-0.3, -0.25) is 0 Å². The second-order valence-corrected chi connectivity index (χ2v) is 5.85. The van der Waals surface area contributed by atoms with E-state index in [1.807, 2.05) is 0 Å². The van der Waals surface area contributed by atoms with Crippen LogP contribution in [0.2, 0.25) is 0 Å². The molecule has 100 valence electrons. The molecule has 0 spiro atoms. The third-order valence-electron chi connectivity index (χ3n) is 4.15. The van der Waals surface area contributed by atoms with Gasteiger partial charge in [-0.25, -0.2) is 0 Å². The number of hydrogen-bond donors (Lipinski definition) is 2. The van der Waals surface area contributed by atoms with Crippen LogP contribution in [0.3, 0.4) is 0 Å². The minimum absolute atomic E-state index is 0.202. The average Bonchev–Trinajstić information content (AvgIpc) is 2.28. The Hall–Kier alpha value is -0.860. The Balaban J connectivity index is 2.10. The van der Waals surface area contributed by atoms with Crippen molar-refractivity contribution in [1.29, 1.82) is 0 Å². The minimum atomic E-state index is 0.202. The van der Waals surface area contributed by atoms with Crippen LogP contribution >= 0.6 is 0 Å². The smallest absolute Gasteiger partial charge is 0.0302 e. The van der Waals surface area contributed by atoms with Gasteiger partial charge in [0, 0.05) is 6.04 Å². The first-order valence-corrected chi connectivity index (χ1v) is 7.12. The van der Waals surface area contributed by atoms with E-state index in [1.54, 1.807) is 0 Å². The molecule has 2 nitrogen and oxygen atoms in total. The highest BCUT2D eigenvalue weighted by atomic mass is 14.9. The topological polar surface area (TPSA) is 38.0 Å². The van der Waals surface area contributed by atoms with Crippen LogP contribution in [0.1, 0.15) is 47.6 Å². The highest BCUT2D eigenvalue weighted by Gasteiger charge is 2.19. The summed E-state index contributed by atoms with van der Waals surface area (Å²) in [5.74, 6) is 0.793. The molecule has 2 heteroatoms. The number of nitrogens with two attached hydrogens (primary N) is 1. The maximum absolute atomic E-state index is 6.46. The zero-order valence-electron chi connectivity index (χ0n) is 11.9. The van der Waals surface area contributed by atoms with E-state index in [1.165, 1.54) is 35.1 Å². The van der Waals surface area contributed by atoms with Crippen LogP contribution in [-0.4, -0.2) is 13.1 Å². The molecule has 0 amide bonds. The molecule has 1 fully saturated rings. The highest BCUT2D eigenvalue weighted by molar-refractivity contribution is 5.39. The van der Waals surface area contributed by atoms with Crippen molar-refractivity contribution >= 4 is 0 Å². The van der Waals surface area contributed by atoms with Gasteiger partial charge in [-0.15, -0.1) is 0 Å². The monoisotopic (exact) mass is 246 g/mol. The quantitative estimate of drug-likeness (QED) is 0.860. The summed E-state index contributed by atoms with van der Waals surface area (Å²) >= 11 is 0. The van der Waals surface area contributed by atoms with Gasteiger partial charge in [0.25, 0.3) is 0 Å². The molecular weight excluding hydrogens is 220 g/mol. The molecule has 2 rings (SSSR count). The van der Waals surface area contributed by atoms with E-state index >= 15 is 0 Å². The van der Waals surface area contributed by atoms with Crippen molar-refractivity contribution in [2.45, 2.75) is 46.1 Å². The van der Waals surface area contributed by atoms with Crippen molar-refractivity contribution in [3.05, 3.63) is 34.4 Å². The molecule has 1 atom stereocenters. The first-order valence-electron chi connectivity index (χ1n) is 7.12. The van der Waals surface area contributed by atoms with Gasteiger partial charge in [-0.2, -0.15) is 0 Å². The van der Waals surface area contributed by atoms with E-state index in [2.05, 4.69) is 38.2 Å².